The van der Waals surface area contributed by atoms with Gasteiger partial charge in [-0.15, -0.1) is 0 Å². The molecule has 3 rings (SSSR count). The van der Waals surface area contributed by atoms with Crippen LogP contribution in [0, 0.1) is 3.57 Å². The van der Waals surface area contributed by atoms with Crippen molar-refractivity contribution in [2.24, 2.45) is 0 Å². The van der Waals surface area contributed by atoms with Gasteiger partial charge in [0, 0.05) is 14.7 Å². The molecule has 2 aromatic carbocycles. The quantitative estimate of drug-likeness (QED) is 0.679. The number of rotatable bonds is 3. The number of hydrogen-bond donors (Lipinski definition) is 1. The second kappa shape index (κ2) is 5.77. The van der Waals surface area contributed by atoms with Crippen molar-refractivity contribution in [3.05, 3.63) is 52.1 Å². The highest BCUT2D eigenvalue weighted by atomic mass is 127. The molecule has 1 aromatic heterocycles. The average molecular weight is 392 g/mol. The van der Waals surface area contributed by atoms with Crippen molar-refractivity contribution in [2.45, 2.75) is 0 Å². The molecule has 0 radical (unpaired) electrons. The molecular weight excluding hydrogens is 379 g/mol. The molecule has 0 spiro atoms. The molecule has 0 saturated carbocycles. The van der Waals surface area contributed by atoms with E-state index in [0.717, 1.165) is 26.0 Å². The summed E-state index contributed by atoms with van der Waals surface area (Å²) in [7, 11) is 1.63. The molecule has 5 heteroatoms. The van der Waals surface area contributed by atoms with Gasteiger partial charge in [0.15, 0.2) is 11.6 Å². The molecule has 2 N–H and O–H groups in total. The monoisotopic (exact) mass is 392 g/mol. The Kier molecular flexibility index (Phi) is 3.83. The van der Waals surface area contributed by atoms with Gasteiger partial charge in [0.05, 0.1) is 12.7 Å². The SMILES string of the molecule is COc1ccccc1-c1c(N)noc1-c1cccc(I)c1. The first-order valence-electron chi connectivity index (χ1n) is 6.35. The first-order valence-corrected chi connectivity index (χ1v) is 7.43. The Hall–Kier alpha value is -2.02. The maximum Gasteiger partial charge on any atom is 0.177 e. The number of para-hydroxylation sites is 1. The Bertz CT molecular complexity index is 783. The van der Waals surface area contributed by atoms with Gasteiger partial charge in [-0.05, 0) is 40.8 Å². The molecule has 0 aliphatic rings. The summed E-state index contributed by atoms with van der Waals surface area (Å²) in [6, 6.07) is 15.7. The fraction of sp³-hybridized carbons (Fsp3) is 0.0625. The number of nitrogens with zero attached hydrogens (tertiary/aromatic N) is 1. The number of halogens is 1. The molecule has 4 nitrogen and oxygen atoms in total. The highest BCUT2D eigenvalue weighted by Crippen LogP contribution is 2.40. The van der Waals surface area contributed by atoms with Crippen LogP contribution in [0.4, 0.5) is 5.82 Å². The molecule has 0 aliphatic heterocycles. The molecule has 0 bridgehead atoms. The van der Waals surface area contributed by atoms with Crippen LogP contribution in [0.25, 0.3) is 22.5 Å². The van der Waals surface area contributed by atoms with E-state index in [-0.39, 0.29) is 0 Å². The van der Waals surface area contributed by atoms with E-state index < -0.39 is 0 Å². The zero-order valence-electron chi connectivity index (χ0n) is 11.3. The molecule has 106 valence electrons. The van der Waals surface area contributed by atoms with E-state index in [9.17, 15) is 0 Å². The number of hydrogen-bond acceptors (Lipinski definition) is 4. The van der Waals surface area contributed by atoms with Gasteiger partial charge in [-0.1, -0.05) is 35.5 Å². The maximum atomic E-state index is 6.01. The number of ether oxygens (including phenoxy) is 1. The van der Waals surface area contributed by atoms with Gasteiger partial charge in [0.25, 0.3) is 0 Å². The van der Waals surface area contributed by atoms with E-state index >= 15 is 0 Å². The zero-order valence-corrected chi connectivity index (χ0v) is 13.5. The van der Waals surface area contributed by atoms with Crippen molar-refractivity contribution in [3.8, 4) is 28.2 Å². The molecule has 0 aliphatic carbocycles. The van der Waals surface area contributed by atoms with E-state index in [1.54, 1.807) is 7.11 Å². The number of anilines is 1. The number of aromatic nitrogens is 1. The average Bonchev–Trinajstić information content (AvgIpc) is 2.89. The first-order chi connectivity index (χ1) is 10.2. The van der Waals surface area contributed by atoms with Gasteiger partial charge in [0.1, 0.15) is 5.75 Å². The molecule has 21 heavy (non-hydrogen) atoms. The van der Waals surface area contributed by atoms with Crippen LogP contribution in [0.15, 0.2) is 53.1 Å². The summed E-state index contributed by atoms with van der Waals surface area (Å²) in [5, 5.41) is 3.92. The van der Waals surface area contributed by atoms with Gasteiger partial charge < -0.3 is 15.0 Å². The topological polar surface area (TPSA) is 61.3 Å². The Morgan fingerprint density at radius 1 is 1.14 bits per heavy atom. The van der Waals surface area contributed by atoms with Crippen LogP contribution in [-0.4, -0.2) is 12.3 Å². The predicted octanol–water partition coefficient (Wildman–Crippen LogP) is 4.20. The van der Waals surface area contributed by atoms with Crippen LogP contribution in [0.2, 0.25) is 0 Å². The lowest BCUT2D eigenvalue weighted by Gasteiger charge is -2.08. The molecule has 0 atom stereocenters. The Labute approximate surface area is 136 Å². The molecular formula is C16H13IN2O2. The van der Waals surface area contributed by atoms with E-state index in [0.29, 0.717) is 11.6 Å². The van der Waals surface area contributed by atoms with Crippen molar-refractivity contribution in [3.63, 3.8) is 0 Å². The van der Waals surface area contributed by atoms with Crippen LogP contribution < -0.4 is 10.5 Å². The fourth-order valence-electron chi connectivity index (χ4n) is 2.24. The third-order valence-electron chi connectivity index (χ3n) is 3.18. The molecule has 3 aromatic rings. The summed E-state index contributed by atoms with van der Waals surface area (Å²) >= 11 is 2.26. The lowest BCUT2D eigenvalue weighted by atomic mass is 10.0. The number of benzene rings is 2. The van der Waals surface area contributed by atoms with Crippen LogP contribution in [0.3, 0.4) is 0 Å². The summed E-state index contributed by atoms with van der Waals surface area (Å²) < 4.78 is 12.0. The summed E-state index contributed by atoms with van der Waals surface area (Å²) in [6.45, 7) is 0. The second-order valence-electron chi connectivity index (χ2n) is 4.48. The Balaban J connectivity index is 2.22. The van der Waals surface area contributed by atoms with Crippen molar-refractivity contribution in [2.75, 3.05) is 12.8 Å². The minimum atomic E-state index is 0.355. The van der Waals surface area contributed by atoms with E-state index in [4.69, 9.17) is 15.0 Å². The van der Waals surface area contributed by atoms with Crippen molar-refractivity contribution in [1.82, 2.24) is 5.16 Å². The second-order valence-corrected chi connectivity index (χ2v) is 5.73. The van der Waals surface area contributed by atoms with Crippen LogP contribution in [0.1, 0.15) is 0 Å². The lowest BCUT2D eigenvalue weighted by molar-refractivity contribution is 0.416. The van der Waals surface area contributed by atoms with E-state index in [1.165, 1.54) is 0 Å². The smallest absolute Gasteiger partial charge is 0.177 e. The van der Waals surface area contributed by atoms with Gasteiger partial charge in [0.2, 0.25) is 0 Å². The number of nitrogen functional groups attached to an aromatic ring is 1. The maximum absolute atomic E-state index is 6.01. The van der Waals surface area contributed by atoms with E-state index in [1.807, 2.05) is 48.5 Å². The zero-order chi connectivity index (χ0) is 14.8. The normalized spacial score (nSPS) is 10.6. The van der Waals surface area contributed by atoms with Gasteiger partial charge in [-0.25, -0.2) is 0 Å². The van der Waals surface area contributed by atoms with Crippen molar-refractivity contribution >= 4 is 28.4 Å². The highest BCUT2D eigenvalue weighted by Gasteiger charge is 2.20. The largest absolute Gasteiger partial charge is 0.496 e. The van der Waals surface area contributed by atoms with Gasteiger partial charge >= 0.3 is 0 Å². The summed E-state index contributed by atoms with van der Waals surface area (Å²) in [6.07, 6.45) is 0. The Morgan fingerprint density at radius 3 is 2.71 bits per heavy atom. The Morgan fingerprint density at radius 2 is 1.95 bits per heavy atom. The first kappa shape index (κ1) is 13.9. The summed E-state index contributed by atoms with van der Waals surface area (Å²) in [5.74, 6) is 1.74. The van der Waals surface area contributed by atoms with Crippen molar-refractivity contribution in [1.29, 1.82) is 0 Å². The molecule has 0 amide bonds. The third kappa shape index (κ3) is 2.61. The van der Waals surface area contributed by atoms with Crippen LogP contribution in [-0.2, 0) is 0 Å². The predicted molar refractivity (Wildman–Crippen MR) is 91.1 cm³/mol. The molecule has 1 heterocycles. The summed E-state index contributed by atoms with van der Waals surface area (Å²) in [5.41, 5.74) is 8.57. The lowest BCUT2D eigenvalue weighted by Crippen LogP contribution is -1.92. The van der Waals surface area contributed by atoms with Gasteiger partial charge in [-0.3, -0.25) is 0 Å². The third-order valence-corrected chi connectivity index (χ3v) is 3.85. The van der Waals surface area contributed by atoms with Crippen LogP contribution >= 0.6 is 22.6 Å². The summed E-state index contributed by atoms with van der Waals surface area (Å²) in [4.78, 5) is 0. The molecule has 0 saturated heterocycles. The standard InChI is InChI=1S/C16H13IN2O2/c1-20-13-8-3-2-7-12(13)14-15(21-19-16(14)18)10-5-4-6-11(17)9-10/h2-9H,1H3,(H2,18,19). The highest BCUT2D eigenvalue weighted by molar-refractivity contribution is 14.1. The van der Waals surface area contributed by atoms with Crippen molar-refractivity contribution < 1.29 is 9.26 Å². The molecule has 0 fully saturated rings. The fourth-order valence-corrected chi connectivity index (χ4v) is 2.78. The number of nitrogens with two attached hydrogens (primary N) is 1. The molecule has 0 unspecified atom stereocenters. The minimum Gasteiger partial charge on any atom is -0.496 e. The van der Waals surface area contributed by atoms with Gasteiger partial charge in [-0.2, -0.15) is 0 Å². The minimum absolute atomic E-state index is 0.355. The van der Waals surface area contributed by atoms with E-state index in [2.05, 4.69) is 27.7 Å². The van der Waals surface area contributed by atoms with Crippen LogP contribution in [0.5, 0.6) is 5.75 Å². The number of methoxy groups -OCH3 is 1.